The number of para-hydroxylation sites is 3. The van der Waals surface area contributed by atoms with Gasteiger partial charge in [0.1, 0.15) is 11.6 Å². The van der Waals surface area contributed by atoms with Crippen LogP contribution in [0.4, 0.5) is 0 Å². The van der Waals surface area contributed by atoms with E-state index in [4.69, 9.17) is 21.3 Å². The highest BCUT2D eigenvalue weighted by Gasteiger charge is 2.30. The van der Waals surface area contributed by atoms with Crippen LogP contribution < -0.4 is 10.3 Å². The Morgan fingerprint density at radius 3 is 2.38 bits per heavy atom. The molecular formula is C30H32ClN3O3. The minimum Gasteiger partial charge on any atom is -0.495 e. The molecule has 0 fully saturated rings. The molecule has 1 aromatic heterocycles. The summed E-state index contributed by atoms with van der Waals surface area (Å²) in [6.45, 7) is 6.79. The first-order chi connectivity index (χ1) is 17.8. The van der Waals surface area contributed by atoms with Gasteiger partial charge >= 0.3 is 0 Å². The van der Waals surface area contributed by atoms with Gasteiger partial charge in [-0.05, 0) is 67.3 Å². The molecule has 1 amide bonds. The van der Waals surface area contributed by atoms with Crippen molar-refractivity contribution in [2.75, 3.05) is 13.7 Å². The van der Waals surface area contributed by atoms with Crippen LogP contribution in [0.1, 0.15) is 55.8 Å². The summed E-state index contributed by atoms with van der Waals surface area (Å²) in [6.07, 6.45) is 1.37. The summed E-state index contributed by atoms with van der Waals surface area (Å²) in [5.74, 6) is 1.31. The Bertz CT molecular complexity index is 1450. The van der Waals surface area contributed by atoms with Crippen LogP contribution in [0.5, 0.6) is 5.75 Å². The molecule has 1 heterocycles. The average molecular weight is 518 g/mol. The van der Waals surface area contributed by atoms with Crippen molar-refractivity contribution in [2.45, 2.75) is 39.7 Å². The SMILES string of the molecule is CCC(c1nc2ccccc2c(=O)n1-c1ccccc1OC)N(CCC(C)C)C(=O)c1ccc(Cl)cc1. The molecule has 37 heavy (non-hydrogen) atoms. The Morgan fingerprint density at radius 1 is 1.03 bits per heavy atom. The summed E-state index contributed by atoms with van der Waals surface area (Å²) in [5, 5.41) is 1.07. The smallest absolute Gasteiger partial charge is 0.266 e. The highest BCUT2D eigenvalue weighted by atomic mass is 35.5. The number of methoxy groups -OCH3 is 1. The second kappa shape index (κ2) is 11.6. The lowest BCUT2D eigenvalue weighted by atomic mass is 10.0. The number of benzene rings is 3. The predicted molar refractivity (Wildman–Crippen MR) is 149 cm³/mol. The molecule has 0 aliphatic heterocycles. The fraction of sp³-hybridized carbons (Fsp3) is 0.300. The number of rotatable bonds is 9. The number of halogens is 1. The Kier molecular flexibility index (Phi) is 8.29. The maximum atomic E-state index is 14.0. The minimum atomic E-state index is -0.454. The van der Waals surface area contributed by atoms with Crippen molar-refractivity contribution in [1.29, 1.82) is 0 Å². The van der Waals surface area contributed by atoms with Gasteiger partial charge in [-0.1, -0.05) is 56.6 Å². The van der Waals surface area contributed by atoms with Crippen molar-refractivity contribution >= 4 is 28.4 Å². The van der Waals surface area contributed by atoms with E-state index in [-0.39, 0.29) is 11.5 Å². The fourth-order valence-corrected chi connectivity index (χ4v) is 4.64. The van der Waals surface area contributed by atoms with Crippen LogP contribution in [0, 0.1) is 5.92 Å². The zero-order valence-electron chi connectivity index (χ0n) is 21.6. The zero-order valence-corrected chi connectivity index (χ0v) is 22.4. The van der Waals surface area contributed by atoms with E-state index >= 15 is 0 Å². The van der Waals surface area contributed by atoms with Crippen LogP contribution in [-0.2, 0) is 0 Å². The maximum Gasteiger partial charge on any atom is 0.266 e. The highest BCUT2D eigenvalue weighted by Crippen LogP contribution is 2.31. The van der Waals surface area contributed by atoms with Crippen molar-refractivity contribution in [3.05, 3.63) is 99.6 Å². The van der Waals surface area contributed by atoms with Gasteiger partial charge in [0.25, 0.3) is 11.5 Å². The van der Waals surface area contributed by atoms with E-state index in [2.05, 4.69) is 13.8 Å². The molecule has 4 rings (SSSR count). The lowest BCUT2D eigenvalue weighted by molar-refractivity contribution is 0.0648. The lowest BCUT2D eigenvalue weighted by Crippen LogP contribution is -2.39. The van der Waals surface area contributed by atoms with E-state index in [1.165, 1.54) is 0 Å². The van der Waals surface area contributed by atoms with Crippen LogP contribution in [0.15, 0.2) is 77.6 Å². The normalized spacial score (nSPS) is 12.1. The summed E-state index contributed by atoms with van der Waals surface area (Å²) < 4.78 is 7.23. The average Bonchev–Trinajstić information content (AvgIpc) is 2.91. The van der Waals surface area contributed by atoms with Crippen LogP contribution >= 0.6 is 11.6 Å². The summed E-state index contributed by atoms with van der Waals surface area (Å²) in [6, 6.07) is 21.1. The van der Waals surface area contributed by atoms with Crippen LogP contribution in [0.3, 0.4) is 0 Å². The van der Waals surface area contributed by atoms with E-state index in [1.807, 2.05) is 54.3 Å². The van der Waals surface area contributed by atoms with Crippen molar-refractivity contribution in [3.63, 3.8) is 0 Å². The van der Waals surface area contributed by atoms with Gasteiger partial charge < -0.3 is 9.64 Å². The number of ether oxygens (including phenoxy) is 1. The third-order valence-corrected chi connectivity index (χ3v) is 6.74. The van der Waals surface area contributed by atoms with Crippen molar-refractivity contribution in [3.8, 4) is 11.4 Å². The number of nitrogens with zero attached hydrogens (tertiary/aromatic N) is 3. The summed E-state index contributed by atoms with van der Waals surface area (Å²) in [5.41, 5.74) is 1.52. The number of hydrogen-bond acceptors (Lipinski definition) is 4. The molecule has 192 valence electrons. The number of aromatic nitrogens is 2. The lowest BCUT2D eigenvalue weighted by Gasteiger charge is -2.33. The predicted octanol–water partition coefficient (Wildman–Crippen LogP) is 6.69. The molecule has 0 spiro atoms. The molecule has 0 aliphatic rings. The van der Waals surface area contributed by atoms with Crippen molar-refractivity contribution in [1.82, 2.24) is 14.5 Å². The minimum absolute atomic E-state index is 0.127. The fourth-order valence-electron chi connectivity index (χ4n) is 4.52. The molecule has 3 aromatic carbocycles. The second-order valence-electron chi connectivity index (χ2n) is 9.41. The number of carbonyl (C=O) groups is 1. The number of hydrogen-bond donors (Lipinski definition) is 0. The first-order valence-electron chi connectivity index (χ1n) is 12.6. The molecule has 0 N–H and O–H groups in total. The van der Waals surface area contributed by atoms with E-state index in [0.717, 1.165) is 6.42 Å². The van der Waals surface area contributed by atoms with Crippen LogP contribution in [0.25, 0.3) is 16.6 Å². The van der Waals surface area contributed by atoms with Gasteiger partial charge in [0.05, 0.1) is 29.7 Å². The van der Waals surface area contributed by atoms with E-state index in [0.29, 0.717) is 57.6 Å². The number of fused-ring (bicyclic) bond motifs is 1. The van der Waals surface area contributed by atoms with E-state index in [9.17, 15) is 9.59 Å². The maximum absolute atomic E-state index is 14.0. The molecule has 1 atom stereocenters. The first kappa shape index (κ1) is 26.4. The zero-order chi connectivity index (χ0) is 26.5. The largest absolute Gasteiger partial charge is 0.495 e. The number of carbonyl (C=O) groups excluding carboxylic acids is 1. The van der Waals surface area contributed by atoms with Gasteiger partial charge in [-0.3, -0.25) is 14.2 Å². The Balaban J connectivity index is 1.96. The molecule has 0 saturated carbocycles. The third-order valence-electron chi connectivity index (χ3n) is 6.49. The van der Waals surface area contributed by atoms with Gasteiger partial charge in [-0.15, -0.1) is 0 Å². The molecule has 7 heteroatoms. The molecule has 0 radical (unpaired) electrons. The second-order valence-corrected chi connectivity index (χ2v) is 9.85. The van der Waals surface area contributed by atoms with Crippen LogP contribution in [-0.4, -0.2) is 34.0 Å². The third kappa shape index (κ3) is 5.54. The summed E-state index contributed by atoms with van der Waals surface area (Å²) in [4.78, 5) is 34.7. The Hall–Kier alpha value is -3.64. The molecule has 1 unspecified atom stereocenters. The molecular weight excluding hydrogens is 486 g/mol. The van der Waals surface area contributed by atoms with Crippen LogP contribution in [0.2, 0.25) is 5.02 Å². The molecule has 0 aliphatic carbocycles. The van der Waals surface area contributed by atoms with Crippen molar-refractivity contribution < 1.29 is 9.53 Å². The molecule has 0 saturated heterocycles. The Morgan fingerprint density at radius 2 is 1.70 bits per heavy atom. The molecule has 6 nitrogen and oxygen atoms in total. The van der Waals surface area contributed by atoms with Gasteiger partial charge in [0.15, 0.2) is 0 Å². The highest BCUT2D eigenvalue weighted by molar-refractivity contribution is 6.30. The van der Waals surface area contributed by atoms with E-state index < -0.39 is 6.04 Å². The number of amides is 1. The van der Waals surface area contributed by atoms with Crippen molar-refractivity contribution in [2.24, 2.45) is 5.92 Å². The standard InChI is InChI=1S/C30H32ClN3O3/c1-5-25(33(19-18-20(2)3)29(35)21-14-16-22(31)17-15-21)28-32-24-11-7-6-10-23(24)30(36)34(28)26-12-8-9-13-27(26)37-4/h6-17,20,25H,5,18-19H2,1-4H3. The first-order valence-corrected chi connectivity index (χ1v) is 12.9. The quantitative estimate of drug-likeness (QED) is 0.248. The van der Waals surface area contributed by atoms with E-state index in [1.54, 1.807) is 42.0 Å². The Labute approximate surface area is 222 Å². The summed E-state index contributed by atoms with van der Waals surface area (Å²) >= 11 is 6.09. The van der Waals surface area contributed by atoms with Gasteiger partial charge in [-0.25, -0.2) is 4.98 Å². The van der Waals surface area contributed by atoms with Gasteiger partial charge in [-0.2, -0.15) is 0 Å². The molecule has 4 aromatic rings. The molecule has 0 bridgehead atoms. The summed E-state index contributed by atoms with van der Waals surface area (Å²) in [7, 11) is 1.58. The topological polar surface area (TPSA) is 64.4 Å². The van der Waals surface area contributed by atoms with Gasteiger partial charge in [0, 0.05) is 17.1 Å². The van der Waals surface area contributed by atoms with Gasteiger partial charge in [0.2, 0.25) is 0 Å². The monoisotopic (exact) mass is 517 g/mol.